The van der Waals surface area contributed by atoms with Crippen molar-refractivity contribution in [3.63, 3.8) is 0 Å². The fraction of sp³-hybridized carbons (Fsp3) is 0.160. The maximum Gasteiger partial charge on any atom is 0.258 e. The zero-order valence-corrected chi connectivity index (χ0v) is 18.3. The number of para-hydroxylation sites is 1. The summed E-state index contributed by atoms with van der Waals surface area (Å²) >= 11 is 1.67. The molecule has 32 heavy (non-hydrogen) atoms. The molecule has 0 atom stereocenters. The van der Waals surface area contributed by atoms with Crippen LogP contribution in [0.1, 0.15) is 37.7 Å². The van der Waals surface area contributed by atoms with E-state index in [4.69, 9.17) is 0 Å². The van der Waals surface area contributed by atoms with Gasteiger partial charge in [-0.15, -0.1) is 11.3 Å². The van der Waals surface area contributed by atoms with Crippen LogP contribution in [0.5, 0.6) is 0 Å². The Morgan fingerprint density at radius 2 is 1.78 bits per heavy atom. The first kappa shape index (κ1) is 21.6. The minimum atomic E-state index is -0.593. The fourth-order valence-electron chi connectivity index (χ4n) is 3.30. The summed E-state index contributed by atoms with van der Waals surface area (Å²) in [7, 11) is 0. The molecule has 1 heterocycles. The lowest BCUT2D eigenvalue weighted by molar-refractivity contribution is 0.0951. The number of carbonyl (C=O) groups is 2. The van der Waals surface area contributed by atoms with Crippen LogP contribution in [0.4, 0.5) is 10.1 Å². The summed E-state index contributed by atoms with van der Waals surface area (Å²) in [5, 5.41) is 6.66. The molecule has 0 unspecified atom stereocenters. The Labute approximate surface area is 189 Å². The molecule has 2 N–H and O–H groups in total. The number of rotatable bonds is 7. The number of halogens is 1. The molecule has 0 spiro atoms. The van der Waals surface area contributed by atoms with Crippen molar-refractivity contribution in [1.29, 1.82) is 0 Å². The molecule has 4 aromatic rings. The van der Waals surface area contributed by atoms with E-state index in [1.165, 1.54) is 18.2 Å². The minimum Gasteiger partial charge on any atom is -0.352 e. The summed E-state index contributed by atoms with van der Waals surface area (Å²) in [6.45, 7) is 2.33. The molecule has 162 valence electrons. The van der Waals surface area contributed by atoms with Gasteiger partial charge in [-0.3, -0.25) is 9.59 Å². The van der Waals surface area contributed by atoms with Crippen LogP contribution in [-0.4, -0.2) is 23.3 Å². The number of hydrogen-bond donors (Lipinski definition) is 2. The molecule has 0 aliphatic heterocycles. The second kappa shape index (κ2) is 9.70. The Morgan fingerprint density at radius 3 is 2.59 bits per heavy atom. The van der Waals surface area contributed by atoms with E-state index in [1.807, 2.05) is 25.1 Å². The Bertz CT molecular complexity index is 1250. The number of aryl methyl sites for hydroxylation is 2. The lowest BCUT2D eigenvalue weighted by atomic mass is 10.1. The maximum absolute atomic E-state index is 13.9. The predicted octanol–water partition coefficient (Wildman–Crippen LogP) is 5.36. The van der Waals surface area contributed by atoms with E-state index in [0.29, 0.717) is 17.8 Å². The highest BCUT2D eigenvalue weighted by molar-refractivity contribution is 7.18. The molecule has 2 amide bonds. The number of nitrogens with zero attached hydrogens (tertiary/aromatic N) is 1. The molecule has 0 radical (unpaired) electrons. The third kappa shape index (κ3) is 5.00. The number of thiazole rings is 1. The minimum absolute atomic E-state index is 0.0448. The molecule has 7 heteroatoms. The highest BCUT2D eigenvalue weighted by atomic mass is 32.1. The van der Waals surface area contributed by atoms with E-state index in [9.17, 15) is 14.0 Å². The molecule has 0 bridgehead atoms. The Hall–Kier alpha value is -3.58. The number of anilines is 1. The lowest BCUT2D eigenvalue weighted by Crippen LogP contribution is -2.25. The average Bonchev–Trinajstić information content (AvgIpc) is 3.21. The van der Waals surface area contributed by atoms with Crippen LogP contribution in [0, 0.1) is 12.7 Å². The first-order valence-corrected chi connectivity index (χ1v) is 11.1. The van der Waals surface area contributed by atoms with Crippen molar-refractivity contribution in [3.8, 4) is 0 Å². The molecule has 3 aromatic carbocycles. The third-order valence-corrected chi connectivity index (χ3v) is 6.15. The summed E-state index contributed by atoms with van der Waals surface area (Å²) in [5.41, 5.74) is 2.64. The fourth-order valence-corrected chi connectivity index (χ4v) is 4.31. The Balaban J connectivity index is 1.34. The van der Waals surface area contributed by atoms with Crippen molar-refractivity contribution < 1.29 is 14.0 Å². The first-order valence-electron chi connectivity index (χ1n) is 10.3. The standard InChI is InChI=1S/C25H22FN3O2S/c1-16-12-13-17(15-21(16)29-25(31)18-7-2-3-8-19(18)26)24(30)27-14-6-11-23-28-20-9-4-5-10-22(20)32-23/h2-5,7-10,12-13,15H,6,11,14H2,1H3,(H,27,30)(H,29,31). The van der Waals surface area contributed by atoms with Crippen LogP contribution in [0.3, 0.4) is 0 Å². The van der Waals surface area contributed by atoms with E-state index in [0.717, 1.165) is 33.6 Å². The summed E-state index contributed by atoms with van der Waals surface area (Å²) in [6.07, 6.45) is 1.56. The van der Waals surface area contributed by atoms with Crippen LogP contribution < -0.4 is 10.6 Å². The van der Waals surface area contributed by atoms with Gasteiger partial charge in [0.15, 0.2) is 0 Å². The van der Waals surface area contributed by atoms with Gasteiger partial charge in [0, 0.05) is 24.2 Å². The van der Waals surface area contributed by atoms with Gasteiger partial charge in [-0.05, 0) is 55.3 Å². The number of carbonyl (C=O) groups excluding carboxylic acids is 2. The number of benzene rings is 3. The summed E-state index contributed by atoms with van der Waals surface area (Å²) in [4.78, 5) is 29.6. The number of fused-ring (bicyclic) bond motifs is 1. The average molecular weight is 448 g/mol. The molecule has 0 fully saturated rings. The largest absolute Gasteiger partial charge is 0.352 e. The topological polar surface area (TPSA) is 71.1 Å². The van der Waals surface area contributed by atoms with E-state index >= 15 is 0 Å². The summed E-state index contributed by atoms with van der Waals surface area (Å²) < 4.78 is 15.0. The third-order valence-electron chi connectivity index (χ3n) is 5.06. The number of hydrogen-bond acceptors (Lipinski definition) is 4. The van der Waals surface area contributed by atoms with E-state index < -0.39 is 11.7 Å². The van der Waals surface area contributed by atoms with Gasteiger partial charge in [0.05, 0.1) is 20.8 Å². The predicted molar refractivity (Wildman–Crippen MR) is 126 cm³/mol. The van der Waals surface area contributed by atoms with Crippen molar-refractivity contribution in [1.82, 2.24) is 10.3 Å². The summed E-state index contributed by atoms with van der Waals surface area (Å²) in [5.74, 6) is -1.38. The van der Waals surface area contributed by atoms with Crippen LogP contribution in [-0.2, 0) is 6.42 Å². The smallest absolute Gasteiger partial charge is 0.258 e. The molecular formula is C25H22FN3O2S. The van der Waals surface area contributed by atoms with E-state index in [2.05, 4.69) is 21.7 Å². The normalized spacial score (nSPS) is 10.8. The monoisotopic (exact) mass is 447 g/mol. The van der Waals surface area contributed by atoms with Crippen LogP contribution >= 0.6 is 11.3 Å². The lowest BCUT2D eigenvalue weighted by Gasteiger charge is -2.11. The van der Waals surface area contributed by atoms with Crippen molar-refractivity contribution in [2.45, 2.75) is 19.8 Å². The van der Waals surface area contributed by atoms with Gasteiger partial charge in [-0.25, -0.2) is 9.37 Å². The molecule has 0 aliphatic carbocycles. The number of aromatic nitrogens is 1. The highest BCUT2D eigenvalue weighted by Gasteiger charge is 2.14. The van der Waals surface area contributed by atoms with Gasteiger partial charge in [0.2, 0.25) is 0 Å². The Kier molecular flexibility index (Phi) is 6.56. The van der Waals surface area contributed by atoms with Crippen LogP contribution in [0.2, 0.25) is 0 Å². The Morgan fingerprint density at radius 1 is 1.00 bits per heavy atom. The van der Waals surface area contributed by atoms with Gasteiger partial charge >= 0.3 is 0 Å². The summed E-state index contributed by atoms with van der Waals surface area (Å²) in [6, 6.07) is 18.9. The van der Waals surface area contributed by atoms with Crippen LogP contribution in [0.15, 0.2) is 66.7 Å². The number of nitrogens with one attached hydrogen (secondary N) is 2. The zero-order chi connectivity index (χ0) is 22.5. The van der Waals surface area contributed by atoms with Crippen molar-refractivity contribution in [3.05, 3.63) is 94.2 Å². The zero-order valence-electron chi connectivity index (χ0n) is 17.5. The quantitative estimate of drug-likeness (QED) is 0.375. The molecule has 5 nitrogen and oxygen atoms in total. The first-order chi connectivity index (χ1) is 15.5. The molecule has 4 rings (SSSR count). The number of amides is 2. The maximum atomic E-state index is 13.9. The molecule has 0 saturated carbocycles. The molecule has 0 saturated heterocycles. The van der Waals surface area contributed by atoms with Crippen LogP contribution in [0.25, 0.3) is 10.2 Å². The van der Waals surface area contributed by atoms with E-state index in [1.54, 1.807) is 35.6 Å². The van der Waals surface area contributed by atoms with Crippen molar-refractivity contribution in [2.24, 2.45) is 0 Å². The van der Waals surface area contributed by atoms with E-state index in [-0.39, 0.29) is 11.5 Å². The second-order valence-corrected chi connectivity index (χ2v) is 8.51. The van der Waals surface area contributed by atoms with Gasteiger partial charge < -0.3 is 10.6 Å². The molecule has 1 aromatic heterocycles. The molecule has 0 aliphatic rings. The van der Waals surface area contributed by atoms with Crippen molar-refractivity contribution in [2.75, 3.05) is 11.9 Å². The van der Waals surface area contributed by atoms with Gasteiger partial charge in [0.25, 0.3) is 11.8 Å². The molecular weight excluding hydrogens is 425 g/mol. The highest BCUT2D eigenvalue weighted by Crippen LogP contribution is 2.22. The van der Waals surface area contributed by atoms with Gasteiger partial charge in [0.1, 0.15) is 5.82 Å². The van der Waals surface area contributed by atoms with Gasteiger partial charge in [-0.2, -0.15) is 0 Å². The second-order valence-electron chi connectivity index (χ2n) is 7.40. The SMILES string of the molecule is Cc1ccc(C(=O)NCCCc2nc3ccccc3s2)cc1NC(=O)c1ccccc1F. The van der Waals surface area contributed by atoms with Crippen molar-refractivity contribution >= 4 is 39.1 Å². The van der Waals surface area contributed by atoms with Gasteiger partial charge in [-0.1, -0.05) is 30.3 Å².